The number of carbonyl (C=O) groups is 2. The maximum absolute atomic E-state index is 14.0. The summed E-state index contributed by atoms with van der Waals surface area (Å²) in [5.74, 6) is -0.785. The van der Waals surface area contributed by atoms with Gasteiger partial charge in [0.05, 0.1) is 10.6 Å². The van der Waals surface area contributed by atoms with E-state index in [9.17, 15) is 18.0 Å². The van der Waals surface area contributed by atoms with Crippen molar-refractivity contribution in [3.8, 4) is 0 Å². The summed E-state index contributed by atoms with van der Waals surface area (Å²) in [5.41, 5.74) is 2.14. The molecule has 0 aliphatic heterocycles. The minimum absolute atomic E-state index is 0.0635. The second-order valence-corrected chi connectivity index (χ2v) is 13.3. The lowest BCUT2D eigenvalue weighted by atomic mass is 10.1. The second-order valence-electron chi connectivity index (χ2n) is 9.67. The maximum atomic E-state index is 14.0. The average molecular weight is 647 g/mol. The van der Waals surface area contributed by atoms with Gasteiger partial charge in [0, 0.05) is 22.0 Å². The standard InChI is InChI=1S/C30H36BrN3O4S2/c1-6-22(3)32-30(36)23(4)33(19-24-8-7-9-25(31)18-24)29(35)20-34(26-12-10-21(2)11-13-26)40(37,38)28-16-14-27(39-5)15-17-28/h7-18,22-23H,6,19-20H2,1-5H3,(H,32,36)/t22-,23-/m1/s1. The smallest absolute Gasteiger partial charge is 0.264 e. The van der Waals surface area contributed by atoms with Gasteiger partial charge in [0.2, 0.25) is 11.8 Å². The summed E-state index contributed by atoms with van der Waals surface area (Å²) in [6, 6.07) is 20.2. The zero-order valence-electron chi connectivity index (χ0n) is 23.4. The summed E-state index contributed by atoms with van der Waals surface area (Å²) < 4.78 is 29.8. The number of nitrogens with zero attached hydrogens (tertiary/aromatic N) is 2. The van der Waals surface area contributed by atoms with Crippen molar-refractivity contribution in [1.82, 2.24) is 10.2 Å². The molecule has 1 N–H and O–H groups in total. The van der Waals surface area contributed by atoms with Crippen molar-refractivity contribution in [3.05, 3.63) is 88.4 Å². The molecule has 0 fully saturated rings. The number of aryl methyl sites for hydroxylation is 1. The zero-order chi connectivity index (χ0) is 29.4. The van der Waals surface area contributed by atoms with Gasteiger partial charge >= 0.3 is 0 Å². The third-order valence-corrected chi connectivity index (χ3v) is 9.68. The molecule has 10 heteroatoms. The Bertz CT molecular complexity index is 1410. The van der Waals surface area contributed by atoms with Crippen molar-refractivity contribution in [2.24, 2.45) is 0 Å². The predicted octanol–water partition coefficient (Wildman–Crippen LogP) is 6.01. The third kappa shape index (κ3) is 8.11. The molecule has 3 aromatic rings. The van der Waals surface area contributed by atoms with E-state index in [1.165, 1.54) is 16.7 Å². The van der Waals surface area contributed by atoms with E-state index in [0.29, 0.717) is 5.69 Å². The highest BCUT2D eigenvalue weighted by Crippen LogP contribution is 2.27. The molecule has 214 valence electrons. The summed E-state index contributed by atoms with van der Waals surface area (Å²) in [7, 11) is -4.10. The van der Waals surface area contributed by atoms with Crippen LogP contribution >= 0.6 is 27.7 Å². The number of hydrogen-bond acceptors (Lipinski definition) is 5. The molecule has 3 rings (SSSR count). The Morgan fingerprint density at radius 2 is 1.65 bits per heavy atom. The van der Waals surface area contributed by atoms with Crippen LogP contribution in [0.15, 0.2) is 87.1 Å². The topological polar surface area (TPSA) is 86.8 Å². The van der Waals surface area contributed by atoms with E-state index < -0.39 is 28.5 Å². The van der Waals surface area contributed by atoms with E-state index in [1.54, 1.807) is 55.5 Å². The van der Waals surface area contributed by atoms with Gasteiger partial charge in [-0.15, -0.1) is 11.8 Å². The summed E-state index contributed by atoms with van der Waals surface area (Å²) in [4.78, 5) is 29.6. The fraction of sp³-hybridized carbons (Fsp3) is 0.333. The predicted molar refractivity (Wildman–Crippen MR) is 166 cm³/mol. The Kier molecular flexibility index (Phi) is 11.2. The second kappa shape index (κ2) is 14.2. The molecule has 7 nitrogen and oxygen atoms in total. The van der Waals surface area contributed by atoms with E-state index in [-0.39, 0.29) is 23.4 Å². The van der Waals surface area contributed by atoms with Crippen LogP contribution in [0.25, 0.3) is 0 Å². The van der Waals surface area contributed by atoms with Gasteiger partial charge in [-0.1, -0.05) is 52.7 Å². The number of sulfonamides is 1. The molecular weight excluding hydrogens is 610 g/mol. The molecule has 0 aromatic heterocycles. The van der Waals surface area contributed by atoms with Crippen molar-refractivity contribution < 1.29 is 18.0 Å². The maximum Gasteiger partial charge on any atom is 0.264 e. The third-order valence-electron chi connectivity index (χ3n) is 6.66. The molecule has 0 radical (unpaired) electrons. The lowest BCUT2D eigenvalue weighted by Gasteiger charge is -2.32. The van der Waals surface area contributed by atoms with Crippen LogP contribution < -0.4 is 9.62 Å². The van der Waals surface area contributed by atoms with Gasteiger partial charge in [-0.3, -0.25) is 13.9 Å². The Morgan fingerprint density at radius 3 is 2.23 bits per heavy atom. The monoisotopic (exact) mass is 645 g/mol. The van der Waals surface area contributed by atoms with Gasteiger partial charge in [-0.05, 0) is 87.5 Å². The average Bonchev–Trinajstić information content (AvgIpc) is 2.94. The molecule has 0 saturated heterocycles. The van der Waals surface area contributed by atoms with Crippen molar-refractivity contribution in [2.45, 2.75) is 62.5 Å². The number of thioether (sulfide) groups is 1. The van der Waals surface area contributed by atoms with E-state index in [1.807, 2.05) is 51.3 Å². The van der Waals surface area contributed by atoms with Crippen LogP contribution in [-0.2, 0) is 26.2 Å². The summed E-state index contributed by atoms with van der Waals surface area (Å²) in [6.45, 7) is 7.11. The fourth-order valence-corrected chi connectivity index (χ4v) is 6.26. The number of rotatable bonds is 12. The number of anilines is 1. The van der Waals surface area contributed by atoms with Crippen LogP contribution in [0.2, 0.25) is 0 Å². The Labute approximate surface area is 250 Å². The van der Waals surface area contributed by atoms with Gasteiger partial charge in [0.1, 0.15) is 12.6 Å². The van der Waals surface area contributed by atoms with Gasteiger partial charge in [-0.2, -0.15) is 0 Å². The zero-order valence-corrected chi connectivity index (χ0v) is 26.6. The molecule has 2 amide bonds. The highest BCUT2D eigenvalue weighted by molar-refractivity contribution is 9.10. The normalized spacial score (nSPS) is 12.8. The molecule has 40 heavy (non-hydrogen) atoms. The Balaban J connectivity index is 2.02. The SMILES string of the molecule is CC[C@@H](C)NC(=O)[C@@H](C)N(Cc1cccc(Br)c1)C(=O)CN(c1ccc(C)cc1)S(=O)(=O)c1ccc(SC)cc1. The van der Waals surface area contributed by atoms with Gasteiger partial charge in [0.25, 0.3) is 10.0 Å². The van der Waals surface area contributed by atoms with Crippen molar-refractivity contribution >= 4 is 55.2 Å². The van der Waals surface area contributed by atoms with Gasteiger partial charge in [0.15, 0.2) is 0 Å². The first-order valence-electron chi connectivity index (χ1n) is 13.0. The molecule has 0 saturated carbocycles. The molecule has 3 aromatic carbocycles. The molecule has 0 aliphatic carbocycles. The van der Waals surface area contributed by atoms with Crippen LogP contribution in [0.1, 0.15) is 38.3 Å². The Morgan fingerprint density at radius 1 is 1.00 bits per heavy atom. The first-order valence-corrected chi connectivity index (χ1v) is 16.5. The number of hydrogen-bond donors (Lipinski definition) is 1. The van der Waals surface area contributed by atoms with Crippen LogP contribution in [0, 0.1) is 6.92 Å². The van der Waals surface area contributed by atoms with Crippen LogP contribution in [0.3, 0.4) is 0 Å². The minimum Gasteiger partial charge on any atom is -0.352 e. The molecule has 0 bridgehead atoms. The number of carbonyl (C=O) groups excluding carboxylic acids is 2. The first kappa shape index (κ1) is 31.7. The van der Waals surface area contributed by atoms with Gasteiger partial charge < -0.3 is 10.2 Å². The molecule has 0 spiro atoms. The highest BCUT2D eigenvalue weighted by atomic mass is 79.9. The number of benzene rings is 3. The summed E-state index contributed by atoms with van der Waals surface area (Å²) >= 11 is 4.98. The van der Waals surface area contributed by atoms with Crippen LogP contribution in [0.5, 0.6) is 0 Å². The van der Waals surface area contributed by atoms with Crippen molar-refractivity contribution in [2.75, 3.05) is 17.1 Å². The number of amides is 2. The summed E-state index contributed by atoms with van der Waals surface area (Å²) in [6.07, 6.45) is 2.66. The molecule has 0 unspecified atom stereocenters. The van der Waals surface area contributed by atoms with Gasteiger partial charge in [-0.25, -0.2) is 8.42 Å². The van der Waals surface area contributed by atoms with Crippen molar-refractivity contribution in [1.29, 1.82) is 0 Å². The molecule has 2 atom stereocenters. The lowest BCUT2D eigenvalue weighted by molar-refractivity contribution is -0.139. The largest absolute Gasteiger partial charge is 0.352 e. The summed E-state index contributed by atoms with van der Waals surface area (Å²) in [5, 5.41) is 2.94. The number of nitrogens with one attached hydrogen (secondary N) is 1. The molecular formula is C30H36BrN3O4S2. The lowest BCUT2D eigenvalue weighted by Crippen LogP contribution is -2.52. The minimum atomic E-state index is -4.10. The van der Waals surface area contributed by atoms with E-state index in [2.05, 4.69) is 21.2 Å². The highest BCUT2D eigenvalue weighted by Gasteiger charge is 2.32. The fourth-order valence-electron chi connectivity index (χ4n) is 3.99. The van der Waals surface area contributed by atoms with E-state index in [0.717, 1.165) is 31.2 Å². The van der Waals surface area contributed by atoms with E-state index in [4.69, 9.17) is 0 Å². The Hall–Kier alpha value is -2.82. The molecule has 0 aliphatic rings. The van der Waals surface area contributed by atoms with Crippen LogP contribution in [0.4, 0.5) is 5.69 Å². The number of halogens is 1. The first-order chi connectivity index (χ1) is 19.0. The quantitative estimate of drug-likeness (QED) is 0.244. The molecule has 0 heterocycles. The van der Waals surface area contributed by atoms with Crippen molar-refractivity contribution in [3.63, 3.8) is 0 Å². The van der Waals surface area contributed by atoms with E-state index >= 15 is 0 Å². The van der Waals surface area contributed by atoms with Crippen LogP contribution in [-0.4, -0.2) is 50.0 Å².